The van der Waals surface area contributed by atoms with Crippen LogP contribution in [0.5, 0.6) is 11.5 Å². The summed E-state index contributed by atoms with van der Waals surface area (Å²) < 4.78 is 31.3. The van der Waals surface area contributed by atoms with Gasteiger partial charge in [-0.3, -0.25) is 0 Å². The van der Waals surface area contributed by atoms with Gasteiger partial charge >= 0.3 is 24.1 Å². The van der Waals surface area contributed by atoms with Gasteiger partial charge < -0.3 is 39.1 Å². The van der Waals surface area contributed by atoms with Crippen molar-refractivity contribution < 1.29 is 47.6 Å². The molecule has 0 aliphatic heterocycles. The SMILES string of the molecule is C=C(C)C(=O)OCCOCCNC(=O)Oc1ccc2c(OC(=O)NCCOCCOC(=O)C(=C)C)c(C)ccc2c1. The van der Waals surface area contributed by atoms with Gasteiger partial charge in [0.05, 0.1) is 26.4 Å². The first-order valence-electron chi connectivity index (χ1n) is 12.8. The monoisotopic (exact) mass is 572 g/mol. The highest BCUT2D eigenvalue weighted by atomic mass is 16.6. The minimum absolute atomic E-state index is 0.0868. The Balaban J connectivity index is 1.76. The van der Waals surface area contributed by atoms with Crippen LogP contribution in [0.25, 0.3) is 10.8 Å². The molecule has 222 valence electrons. The molecular formula is C29H36N2O10. The van der Waals surface area contributed by atoms with E-state index in [1.54, 1.807) is 38.1 Å². The second kappa shape index (κ2) is 17.3. The van der Waals surface area contributed by atoms with Crippen LogP contribution in [0.2, 0.25) is 0 Å². The van der Waals surface area contributed by atoms with E-state index in [9.17, 15) is 19.2 Å². The number of carbonyl (C=O) groups excluding carboxylic acids is 4. The standard InChI is InChI=1S/C29H36N2O10/c1-19(2)26(32)38-16-14-36-12-10-30-28(34)40-23-8-9-24-22(18-23)7-6-21(5)25(24)41-29(35)31-11-13-37-15-17-39-27(33)20(3)4/h6-9,18H,1,3,10-17H2,2,4-5H3,(H,30,34)(H,31,35). The summed E-state index contributed by atoms with van der Waals surface area (Å²) in [6.45, 7) is 13.2. The molecule has 0 heterocycles. The fourth-order valence-electron chi connectivity index (χ4n) is 3.15. The quantitative estimate of drug-likeness (QED) is 0.174. The molecule has 0 fully saturated rings. The number of amides is 2. The first-order chi connectivity index (χ1) is 19.6. The summed E-state index contributed by atoms with van der Waals surface area (Å²) >= 11 is 0. The van der Waals surface area contributed by atoms with E-state index in [2.05, 4.69) is 23.8 Å². The molecule has 2 rings (SSSR count). The molecule has 0 aromatic heterocycles. The maximum atomic E-state index is 12.3. The van der Waals surface area contributed by atoms with E-state index in [0.717, 1.165) is 5.56 Å². The van der Waals surface area contributed by atoms with E-state index in [-0.39, 0.29) is 52.7 Å². The molecule has 2 N–H and O–H groups in total. The number of hydrogen-bond acceptors (Lipinski definition) is 10. The lowest BCUT2D eigenvalue weighted by molar-refractivity contribution is -0.141. The lowest BCUT2D eigenvalue weighted by Gasteiger charge is -2.13. The third-order valence-corrected chi connectivity index (χ3v) is 5.19. The topological polar surface area (TPSA) is 148 Å². The predicted octanol–water partition coefficient (Wildman–Crippen LogP) is 3.60. The third kappa shape index (κ3) is 12.1. The smallest absolute Gasteiger partial charge is 0.412 e. The van der Waals surface area contributed by atoms with Crippen LogP contribution < -0.4 is 20.1 Å². The van der Waals surface area contributed by atoms with Gasteiger partial charge in [-0.2, -0.15) is 0 Å². The lowest BCUT2D eigenvalue weighted by Crippen LogP contribution is -2.30. The number of carbonyl (C=O) groups is 4. The average molecular weight is 573 g/mol. The van der Waals surface area contributed by atoms with Gasteiger partial charge in [-0.05, 0) is 49.9 Å². The van der Waals surface area contributed by atoms with Crippen molar-refractivity contribution in [3.05, 3.63) is 60.2 Å². The van der Waals surface area contributed by atoms with E-state index in [4.69, 9.17) is 28.4 Å². The van der Waals surface area contributed by atoms with Crippen LogP contribution in [-0.2, 0) is 28.5 Å². The first-order valence-corrected chi connectivity index (χ1v) is 12.8. The van der Waals surface area contributed by atoms with Gasteiger partial charge in [-0.15, -0.1) is 0 Å². The van der Waals surface area contributed by atoms with Gasteiger partial charge in [0.1, 0.15) is 24.7 Å². The summed E-state index contributed by atoms with van der Waals surface area (Å²) in [5.74, 6) is -0.300. The summed E-state index contributed by atoms with van der Waals surface area (Å²) in [6, 6.07) is 8.55. The van der Waals surface area contributed by atoms with Crippen molar-refractivity contribution in [1.82, 2.24) is 10.6 Å². The Kier molecular flexibility index (Phi) is 13.8. The van der Waals surface area contributed by atoms with Gasteiger partial charge in [0.25, 0.3) is 0 Å². The van der Waals surface area contributed by atoms with Crippen LogP contribution in [0.4, 0.5) is 9.59 Å². The highest BCUT2D eigenvalue weighted by Gasteiger charge is 2.13. The normalized spacial score (nSPS) is 10.4. The third-order valence-electron chi connectivity index (χ3n) is 5.19. The number of aryl methyl sites for hydroxylation is 1. The van der Waals surface area contributed by atoms with Gasteiger partial charge in [0.15, 0.2) is 0 Å². The molecule has 0 atom stereocenters. The zero-order valence-corrected chi connectivity index (χ0v) is 23.5. The second-order valence-electron chi connectivity index (χ2n) is 8.78. The number of rotatable bonds is 16. The van der Waals surface area contributed by atoms with Gasteiger partial charge in [0.2, 0.25) is 0 Å². The van der Waals surface area contributed by atoms with Crippen LogP contribution in [0.1, 0.15) is 19.4 Å². The second-order valence-corrected chi connectivity index (χ2v) is 8.78. The molecule has 0 saturated carbocycles. The van der Waals surface area contributed by atoms with Crippen LogP contribution >= 0.6 is 0 Å². The number of ether oxygens (including phenoxy) is 6. The zero-order valence-electron chi connectivity index (χ0n) is 23.5. The molecule has 2 amide bonds. The molecule has 0 aliphatic carbocycles. The Morgan fingerprint density at radius 3 is 1.78 bits per heavy atom. The van der Waals surface area contributed by atoms with Crippen molar-refractivity contribution in [3.8, 4) is 11.5 Å². The molecule has 12 heteroatoms. The lowest BCUT2D eigenvalue weighted by atomic mass is 10.1. The van der Waals surface area contributed by atoms with Crippen molar-refractivity contribution in [1.29, 1.82) is 0 Å². The molecule has 2 aromatic carbocycles. The van der Waals surface area contributed by atoms with Crippen LogP contribution in [0.3, 0.4) is 0 Å². The van der Waals surface area contributed by atoms with Crippen molar-refractivity contribution in [2.45, 2.75) is 20.8 Å². The van der Waals surface area contributed by atoms with Gasteiger partial charge in [-0.25, -0.2) is 19.2 Å². The van der Waals surface area contributed by atoms with Gasteiger partial charge in [0, 0.05) is 29.6 Å². The van der Waals surface area contributed by atoms with E-state index in [1.807, 2.05) is 13.0 Å². The Morgan fingerprint density at radius 1 is 0.707 bits per heavy atom. The minimum Gasteiger partial charge on any atom is -0.460 e. The van der Waals surface area contributed by atoms with Gasteiger partial charge in [-0.1, -0.05) is 25.3 Å². The molecule has 2 aromatic rings. The number of benzene rings is 2. The number of hydrogen-bond donors (Lipinski definition) is 2. The maximum absolute atomic E-state index is 12.3. The average Bonchev–Trinajstić information content (AvgIpc) is 2.93. The number of nitrogens with one attached hydrogen (secondary N) is 2. The highest BCUT2D eigenvalue weighted by molar-refractivity contribution is 5.93. The molecular weight excluding hydrogens is 536 g/mol. The van der Waals surface area contributed by atoms with Crippen molar-refractivity contribution in [2.75, 3.05) is 52.7 Å². The largest absolute Gasteiger partial charge is 0.460 e. The summed E-state index contributed by atoms with van der Waals surface area (Å²) in [7, 11) is 0. The van der Waals surface area contributed by atoms with E-state index >= 15 is 0 Å². The molecule has 0 spiro atoms. The summed E-state index contributed by atoms with van der Waals surface area (Å²) in [5, 5.41) is 6.52. The summed E-state index contributed by atoms with van der Waals surface area (Å²) in [5.41, 5.74) is 1.36. The summed E-state index contributed by atoms with van der Waals surface area (Å²) in [6.07, 6.45) is -1.32. The van der Waals surface area contributed by atoms with E-state index < -0.39 is 24.1 Å². The molecule has 0 unspecified atom stereocenters. The van der Waals surface area contributed by atoms with Crippen molar-refractivity contribution in [3.63, 3.8) is 0 Å². The molecule has 12 nitrogen and oxygen atoms in total. The van der Waals surface area contributed by atoms with Crippen molar-refractivity contribution >= 4 is 34.9 Å². The number of fused-ring (bicyclic) bond motifs is 1. The highest BCUT2D eigenvalue weighted by Crippen LogP contribution is 2.32. The molecule has 41 heavy (non-hydrogen) atoms. The number of esters is 2. The Hall–Kier alpha value is -4.42. The molecule has 0 bridgehead atoms. The fraction of sp³-hybridized carbons (Fsp3) is 0.379. The summed E-state index contributed by atoms with van der Waals surface area (Å²) in [4.78, 5) is 47.0. The predicted molar refractivity (Wildman–Crippen MR) is 150 cm³/mol. The molecule has 0 radical (unpaired) electrons. The Bertz CT molecular complexity index is 1260. The molecule has 0 saturated heterocycles. The van der Waals surface area contributed by atoms with Crippen LogP contribution in [0, 0.1) is 6.92 Å². The van der Waals surface area contributed by atoms with Crippen molar-refractivity contribution in [2.24, 2.45) is 0 Å². The van der Waals surface area contributed by atoms with Crippen LogP contribution in [-0.4, -0.2) is 76.9 Å². The first kappa shape index (κ1) is 32.8. The van der Waals surface area contributed by atoms with Crippen LogP contribution in [0.15, 0.2) is 54.6 Å². The Morgan fingerprint density at radius 2 is 1.24 bits per heavy atom. The fourth-order valence-corrected chi connectivity index (χ4v) is 3.15. The zero-order chi connectivity index (χ0) is 30.2. The van der Waals surface area contributed by atoms with E-state index in [1.165, 1.54) is 0 Å². The Labute approximate surface area is 238 Å². The molecule has 0 aliphatic rings. The maximum Gasteiger partial charge on any atom is 0.412 e. The minimum atomic E-state index is -0.666. The van der Waals surface area contributed by atoms with E-state index in [0.29, 0.717) is 33.4 Å².